The van der Waals surface area contributed by atoms with Crippen LogP contribution in [0.5, 0.6) is 17.2 Å². The van der Waals surface area contributed by atoms with E-state index in [1.54, 1.807) is 18.2 Å². The van der Waals surface area contributed by atoms with Crippen LogP contribution in [-0.2, 0) is 10.0 Å². The summed E-state index contributed by atoms with van der Waals surface area (Å²) < 4.78 is 37.4. The van der Waals surface area contributed by atoms with Crippen molar-refractivity contribution < 1.29 is 22.7 Å². The highest BCUT2D eigenvalue weighted by Gasteiger charge is 2.20. The number of rotatable bonds is 7. The zero-order chi connectivity index (χ0) is 23.5. The molecule has 172 valence electrons. The highest BCUT2D eigenvalue weighted by molar-refractivity contribution is 8.14. The van der Waals surface area contributed by atoms with E-state index in [1.165, 1.54) is 44.1 Å². The average Bonchev–Trinajstić information content (AvgIpc) is 3.21. The average molecular weight is 498 g/mol. The van der Waals surface area contributed by atoms with E-state index < -0.39 is 10.0 Å². The van der Waals surface area contributed by atoms with Crippen molar-refractivity contribution in [1.29, 1.82) is 0 Å². The van der Waals surface area contributed by atoms with E-state index in [0.29, 0.717) is 28.8 Å². The first-order valence-corrected chi connectivity index (χ1v) is 12.6. The van der Waals surface area contributed by atoms with Crippen LogP contribution in [0.2, 0.25) is 5.02 Å². The Morgan fingerprint density at radius 1 is 1.19 bits per heavy atom. The van der Waals surface area contributed by atoms with E-state index in [-0.39, 0.29) is 27.7 Å². The summed E-state index contributed by atoms with van der Waals surface area (Å²) in [4.78, 5) is 17.0. The van der Waals surface area contributed by atoms with E-state index in [0.717, 1.165) is 10.1 Å². The third-order valence-electron chi connectivity index (χ3n) is 4.23. The number of aliphatic imine (C=N–C) groups is 1. The zero-order valence-electron chi connectivity index (χ0n) is 18.1. The first kappa shape index (κ1) is 24.4. The SMILES string of the molecule is CC(C)Oc1cc(Oc2ccc(S(=O)(=O)N(C)C)cc2Cl)cc(C(=O)NC2=NCCS2)c1. The lowest BCUT2D eigenvalue weighted by Gasteiger charge is -2.15. The van der Waals surface area contributed by atoms with Crippen molar-refractivity contribution >= 4 is 44.5 Å². The lowest BCUT2D eigenvalue weighted by molar-refractivity contribution is 0.0977. The van der Waals surface area contributed by atoms with Gasteiger partial charge in [0, 0.05) is 31.5 Å². The van der Waals surface area contributed by atoms with Crippen molar-refractivity contribution in [2.45, 2.75) is 24.8 Å². The maximum Gasteiger partial charge on any atom is 0.257 e. The van der Waals surface area contributed by atoms with Gasteiger partial charge in [-0.25, -0.2) is 12.7 Å². The summed E-state index contributed by atoms with van der Waals surface area (Å²) in [7, 11) is -0.750. The quantitative estimate of drug-likeness (QED) is 0.621. The molecular formula is C21H24ClN3O5S2. The van der Waals surface area contributed by atoms with Gasteiger partial charge in [-0.1, -0.05) is 23.4 Å². The van der Waals surface area contributed by atoms with Crippen LogP contribution < -0.4 is 14.8 Å². The van der Waals surface area contributed by atoms with E-state index >= 15 is 0 Å². The Labute approximate surface area is 197 Å². The Bertz CT molecular complexity index is 1150. The van der Waals surface area contributed by atoms with Gasteiger partial charge in [-0.2, -0.15) is 0 Å². The third-order valence-corrected chi connectivity index (χ3v) is 7.23. The largest absolute Gasteiger partial charge is 0.491 e. The van der Waals surface area contributed by atoms with Crippen LogP contribution in [0.4, 0.5) is 0 Å². The monoisotopic (exact) mass is 497 g/mol. The van der Waals surface area contributed by atoms with Crippen LogP contribution in [0, 0.1) is 0 Å². The molecule has 11 heteroatoms. The van der Waals surface area contributed by atoms with Gasteiger partial charge in [0.05, 0.1) is 22.6 Å². The predicted octanol–water partition coefficient (Wildman–Crippen LogP) is 4.00. The molecule has 1 N–H and O–H groups in total. The topological polar surface area (TPSA) is 97.3 Å². The predicted molar refractivity (Wildman–Crippen MR) is 127 cm³/mol. The molecule has 0 atom stereocenters. The van der Waals surface area contributed by atoms with E-state index in [4.69, 9.17) is 21.1 Å². The first-order chi connectivity index (χ1) is 15.1. The molecule has 0 aliphatic carbocycles. The number of thioether (sulfide) groups is 1. The third kappa shape index (κ3) is 5.94. The van der Waals surface area contributed by atoms with Crippen molar-refractivity contribution in [2.75, 3.05) is 26.4 Å². The molecule has 0 saturated heterocycles. The van der Waals surface area contributed by atoms with Gasteiger partial charge in [0.25, 0.3) is 5.91 Å². The number of hydrogen-bond donors (Lipinski definition) is 1. The molecule has 2 aromatic carbocycles. The number of carbonyl (C=O) groups is 1. The number of halogens is 1. The highest BCUT2D eigenvalue weighted by Crippen LogP contribution is 2.34. The Morgan fingerprint density at radius 2 is 1.91 bits per heavy atom. The standard InChI is InChI=1S/C21H24ClN3O5S2/c1-13(2)29-15-9-14(20(26)24-21-23-7-8-31-21)10-16(11-15)30-19-6-5-17(12-18(19)22)32(27,28)25(3)4/h5-6,9-13H,7-8H2,1-4H3,(H,23,24,26). The molecule has 8 nitrogen and oxygen atoms in total. The highest BCUT2D eigenvalue weighted by atomic mass is 35.5. The normalized spacial score (nSPS) is 13.9. The smallest absolute Gasteiger partial charge is 0.257 e. The van der Waals surface area contributed by atoms with Crippen LogP contribution in [0.1, 0.15) is 24.2 Å². The number of ether oxygens (including phenoxy) is 2. The summed E-state index contributed by atoms with van der Waals surface area (Å²) in [5, 5.41) is 3.47. The minimum absolute atomic E-state index is 0.0478. The molecule has 1 aliphatic rings. The van der Waals surface area contributed by atoms with E-state index in [2.05, 4.69) is 10.3 Å². The van der Waals surface area contributed by atoms with Crippen molar-refractivity contribution in [3.05, 3.63) is 47.0 Å². The Kier molecular flexibility index (Phi) is 7.71. The minimum atomic E-state index is -3.63. The zero-order valence-corrected chi connectivity index (χ0v) is 20.5. The van der Waals surface area contributed by atoms with E-state index in [1.807, 2.05) is 13.8 Å². The van der Waals surface area contributed by atoms with Crippen molar-refractivity contribution in [2.24, 2.45) is 4.99 Å². The summed E-state index contributed by atoms with van der Waals surface area (Å²) in [6.07, 6.45) is -0.116. The second kappa shape index (κ2) is 10.1. The molecular weight excluding hydrogens is 474 g/mol. The minimum Gasteiger partial charge on any atom is -0.491 e. The second-order valence-corrected chi connectivity index (χ2v) is 11.0. The van der Waals surface area contributed by atoms with Crippen LogP contribution in [0.15, 0.2) is 46.3 Å². The number of benzene rings is 2. The molecule has 32 heavy (non-hydrogen) atoms. The molecule has 1 amide bonds. The molecule has 0 unspecified atom stereocenters. The molecule has 0 aromatic heterocycles. The number of hydrogen-bond acceptors (Lipinski definition) is 7. The Hall–Kier alpha value is -2.27. The molecule has 1 heterocycles. The van der Waals surface area contributed by atoms with Gasteiger partial charge in [0.15, 0.2) is 5.17 Å². The van der Waals surface area contributed by atoms with Gasteiger partial charge < -0.3 is 14.8 Å². The molecule has 0 spiro atoms. The second-order valence-electron chi connectivity index (χ2n) is 7.33. The first-order valence-electron chi connectivity index (χ1n) is 9.76. The number of amidine groups is 1. The lowest BCUT2D eigenvalue weighted by Crippen LogP contribution is -2.27. The van der Waals surface area contributed by atoms with Gasteiger partial charge in [-0.3, -0.25) is 9.79 Å². The number of sulfonamides is 1. The van der Waals surface area contributed by atoms with Crippen LogP contribution in [0.3, 0.4) is 0 Å². The number of nitrogens with zero attached hydrogens (tertiary/aromatic N) is 2. The number of nitrogens with one attached hydrogen (secondary N) is 1. The Balaban J connectivity index is 1.90. The fraction of sp³-hybridized carbons (Fsp3) is 0.333. The summed E-state index contributed by atoms with van der Waals surface area (Å²) in [5.74, 6) is 1.51. The van der Waals surface area contributed by atoms with Gasteiger partial charge in [-0.05, 0) is 44.2 Å². The fourth-order valence-corrected chi connectivity index (χ4v) is 4.68. The molecule has 0 fully saturated rings. The maximum atomic E-state index is 12.7. The van der Waals surface area contributed by atoms with Crippen molar-refractivity contribution in [3.63, 3.8) is 0 Å². The van der Waals surface area contributed by atoms with Gasteiger partial charge in [-0.15, -0.1) is 0 Å². The number of amides is 1. The summed E-state index contributed by atoms with van der Waals surface area (Å²) in [6, 6.07) is 9.02. The maximum absolute atomic E-state index is 12.7. The number of carbonyl (C=O) groups excluding carboxylic acids is 1. The molecule has 1 aliphatic heterocycles. The van der Waals surface area contributed by atoms with Crippen LogP contribution in [0.25, 0.3) is 0 Å². The molecule has 0 saturated carbocycles. The van der Waals surface area contributed by atoms with Gasteiger partial charge in [0.1, 0.15) is 17.2 Å². The summed E-state index contributed by atoms with van der Waals surface area (Å²) in [5.41, 5.74) is 0.330. The molecule has 0 bridgehead atoms. The lowest BCUT2D eigenvalue weighted by atomic mass is 10.2. The van der Waals surface area contributed by atoms with Gasteiger partial charge in [0.2, 0.25) is 10.0 Å². The Morgan fingerprint density at radius 3 is 2.50 bits per heavy atom. The molecule has 0 radical (unpaired) electrons. The van der Waals surface area contributed by atoms with Gasteiger partial charge >= 0.3 is 0 Å². The molecule has 2 aromatic rings. The van der Waals surface area contributed by atoms with Crippen molar-refractivity contribution in [1.82, 2.24) is 9.62 Å². The van der Waals surface area contributed by atoms with Crippen molar-refractivity contribution in [3.8, 4) is 17.2 Å². The van der Waals surface area contributed by atoms with E-state index in [9.17, 15) is 13.2 Å². The molecule has 3 rings (SSSR count). The summed E-state index contributed by atoms with van der Waals surface area (Å²) in [6.45, 7) is 4.42. The fourth-order valence-electron chi connectivity index (χ4n) is 2.74. The summed E-state index contributed by atoms with van der Waals surface area (Å²) >= 11 is 7.77. The van der Waals surface area contributed by atoms with Crippen LogP contribution >= 0.6 is 23.4 Å². The van der Waals surface area contributed by atoms with Crippen LogP contribution in [-0.4, -0.2) is 56.3 Å².